The van der Waals surface area contributed by atoms with E-state index in [1.54, 1.807) is 0 Å². The Morgan fingerprint density at radius 3 is 2.64 bits per heavy atom. The Labute approximate surface area is 64.5 Å². The number of hydrogen-bond donors (Lipinski definition) is 2. The number of rotatable bonds is 3. The van der Waals surface area contributed by atoms with E-state index in [1.807, 2.05) is 6.92 Å². The predicted octanol–water partition coefficient (Wildman–Crippen LogP) is -0.474. The topological polar surface area (TPSA) is 70.0 Å². The van der Waals surface area contributed by atoms with Crippen LogP contribution in [0.4, 0.5) is 0 Å². The van der Waals surface area contributed by atoms with Crippen LogP contribution in [0.25, 0.3) is 0 Å². The van der Waals surface area contributed by atoms with Crippen LogP contribution in [0.5, 0.6) is 0 Å². The van der Waals surface area contributed by atoms with Crippen LogP contribution in [-0.4, -0.2) is 29.9 Å². The summed E-state index contributed by atoms with van der Waals surface area (Å²) in [5, 5.41) is 9.87. The maximum absolute atomic E-state index is 10.7. The van der Waals surface area contributed by atoms with Gasteiger partial charge in [0.15, 0.2) is 0 Å². The molecular formula is C7H10N2O2. The molecule has 11 heavy (non-hydrogen) atoms. The average molecular weight is 154 g/mol. The largest absolute Gasteiger partial charge is 0.302 e. The highest BCUT2D eigenvalue weighted by molar-refractivity contribution is 6.79. The Morgan fingerprint density at radius 2 is 2.18 bits per heavy atom. The van der Waals surface area contributed by atoms with E-state index in [2.05, 4.69) is 5.32 Å². The standard InChI is InChI=1S/C7H10N2O2/c1-2-3-9-5-4(8)6(10)7(5)11/h5,8-9H,2-3H2,1H3/t5-/m0/s1. The van der Waals surface area contributed by atoms with Gasteiger partial charge < -0.3 is 5.32 Å². The first kappa shape index (κ1) is 8.07. The van der Waals surface area contributed by atoms with Crippen molar-refractivity contribution in [2.75, 3.05) is 6.54 Å². The van der Waals surface area contributed by atoms with Crippen LogP contribution in [0.1, 0.15) is 13.3 Å². The quantitative estimate of drug-likeness (QED) is 0.540. The molecule has 0 radical (unpaired) electrons. The molecule has 1 fully saturated rings. The van der Waals surface area contributed by atoms with Crippen LogP contribution in [-0.2, 0) is 9.59 Å². The fraction of sp³-hybridized carbons (Fsp3) is 0.571. The predicted molar refractivity (Wildman–Crippen MR) is 39.8 cm³/mol. The zero-order valence-corrected chi connectivity index (χ0v) is 6.31. The van der Waals surface area contributed by atoms with Gasteiger partial charge in [-0.3, -0.25) is 15.0 Å². The average Bonchev–Trinajstić information content (AvgIpc) is 2.04. The summed E-state index contributed by atoms with van der Waals surface area (Å²) in [6.45, 7) is 2.63. The second kappa shape index (κ2) is 2.92. The molecule has 4 heteroatoms. The van der Waals surface area contributed by atoms with E-state index in [1.165, 1.54) is 0 Å². The van der Waals surface area contributed by atoms with Crippen LogP contribution < -0.4 is 5.32 Å². The minimum atomic E-state index is -0.640. The van der Waals surface area contributed by atoms with Gasteiger partial charge in [-0.2, -0.15) is 0 Å². The molecule has 0 aromatic rings. The third-order valence-corrected chi connectivity index (χ3v) is 1.62. The van der Waals surface area contributed by atoms with Gasteiger partial charge in [-0.15, -0.1) is 0 Å². The second-order valence-corrected chi connectivity index (χ2v) is 2.49. The molecule has 0 aliphatic heterocycles. The van der Waals surface area contributed by atoms with E-state index in [4.69, 9.17) is 5.41 Å². The van der Waals surface area contributed by atoms with Gasteiger partial charge in [-0.1, -0.05) is 6.92 Å². The van der Waals surface area contributed by atoms with Gasteiger partial charge in [0, 0.05) is 0 Å². The van der Waals surface area contributed by atoms with E-state index in [9.17, 15) is 9.59 Å². The van der Waals surface area contributed by atoms with Crippen molar-refractivity contribution < 1.29 is 9.59 Å². The molecule has 0 unspecified atom stereocenters. The van der Waals surface area contributed by atoms with Crippen LogP contribution >= 0.6 is 0 Å². The van der Waals surface area contributed by atoms with Gasteiger partial charge in [-0.25, -0.2) is 0 Å². The number of nitrogens with one attached hydrogen (secondary N) is 2. The van der Waals surface area contributed by atoms with E-state index < -0.39 is 17.6 Å². The minimum absolute atomic E-state index is 0.0940. The van der Waals surface area contributed by atoms with Crippen molar-refractivity contribution in [2.24, 2.45) is 0 Å². The first-order chi connectivity index (χ1) is 5.18. The highest BCUT2D eigenvalue weighted by atomic mass is 16.2. The monoisotopic (exact) mass is 154 g/mol. The lowest BCUT2D eigenvalue weighted by Crippen LogP contribution is -2.60. The van der Waals surface area contributed by atoms with Crippen LogP contribution in [0.2, 0.25) is 0 Å². The number of hydrogen-bond acceptors (Lipinski definition) is 4. The van der Waals surface area contributed by atoms with Gasteiger partial charge in [0.25, 0.3) is 0 Å². The van der Waals surface area contributed by atoms with Crippen molar-refractivity contribution in [1.29, 1.82) is 5.41 Å². The van der Waals surface area contributed by atoms with Crippen molar-refractivity contribution in [3.63, 3.8) is 0 Å². The molecular weight excluding hydrogens is 144 g/mol. The summed E-state index contributed by atoms with van der Waals surface area (Å²) >= 11 is 0. The Bertz CT molecular complexity index is 204. The van der Waals surface area contributed by atoms with Crippen molar-refractivity contribution in [3.8, 4) is 0 Å². The molecule has 2 N–H and O–H groups in total. The molecule has 1 saturated carbocycles. The maximum Gasteiger partial charge on any atom is 0.246 e. The molecule has 1 rings (SSSR count). The molecule has 0 amide bonds. The lowest BCUT2D eigenvalue weighted by molar-refractivity contribution is -0.136. The SMILES string of the molecule is CCCN[C@H]1C(=N)C(=O)C1=O. The Morgan fingerprint density at radius 1 is 1.55 bits per heavy atom. The Hall–Kier alpha value is -1.03. The minimum Gasteiger partial charge on any atom is -0.302 e. The summed E-state index contributed by atoms with van der Waals surface area (Å²) in [4.78, 5) is 21.2. The van der Waals surface area contributed by atoms with Crippen LogP contribution in [0.15, 0.2) is 0 Å². The lowest BCUT2D eigenvalue weighted by atomic mass is 9.87. The van der Waals surface area contributed by atoms with Gasteiger partial charge >= 0.3 is 0 Å². The molecule has 0 heterocycles. The molecule has 0 spiro atoms. The van der Waals surface area contributed by atoms with Crippen LogP contribution in [0, 0.1) is 5.41 Å². The smallest absolute Gasteiger partial charge is 0.246 e. The summed E-state index contributed by atoms with van der Waals surface area (Å²) in [5.41, 5.74) is -0.0940. The highest BCUT2D eigenvalue weighted by Crippen LogP contribution is 2.05. The van der Waals surface area contributed by atoms with E-state index in [-0.39, 0.29) is 5.71 Å². The molecule has 1 atom stereocenters. The molecule has 0 aromatic carbocycles. The van der Waals surface area contributed by atoms with Gasteiger partial charge in [0.05, 0.1) is 0 Å². The third-order valence-electron chi connectivity index (χ3n) is 1.62. The fourth-order valence-electron chi connectivity index (χ4n) is 0.932. The highest BCUT2D eigenvalue weighted by Gasteiger charge is 2.43. The van der Waals surface area contributed by atoms with E-state index >= 15 is 0 Å². The molecule has 4 nitrogen and oxygen atoms in total. The van der Waals surface area contributed by atoms with Gasteiger partial charge in [-0.05, 0) is 13.0 Å². The molecule has 60 valence electrons. The second-order valence-electron chi connectivity index (χ2n) is 2.49. The molecule has 0 bridgehead atoms. The summed E-state index contributed by atoms with van der Waals surface area (Å²) in [6, 6.07) is -0.609. The number of Topliss-reactive ketones (excluding diaryl/α,β-unsaturated/α-hetero) is 2. The van der Waals surface area contributed by atoms with Gasteiger partial charge in [0.1, 0.15) is 11.8 Å². The molecule has 0 saturated heterocycles. The fourth-order valence-corrected chi connectivity index (χ4v) is 0.932. The third kappa shape index (κ3) is 1.21. The molecule has 1 aliphatic rings. The first-order valence-corrected chi connectivity index (χ1v) is 3.58. The lowest BCUT2D eigenvalue weighted by Gasteiger charge is -2.23. The summed E-state index contributed by atoms with van der Waals surface area (Å²) in [7, 11) is 0. The first-order valence-electron chi connectivity index (χ1n) is 3.58. The molecule has 1 aliphatic carbocycles. The van der Waals surface area contributed by atoms with Crippen molar-refractivity contribution in [3.05, 3.63) is 0 Å². The van der Waals surface area contributed by atoms with Crippen molar-refractivity contribution in [2.45, 2.75) is 19.4 Å². The summed E-state index contributed by atoms with van der Waals surface area (Å²) in [6.07, 6.45) is 0.894. The zero-order valence-electron chi connectivity index (χ0n) is 6.31. The number of ketones is 2. The van der Waals surface area contributed by atoms with E-state index in [0.29, 0.717) is 6.54 Å². The summed E-state index contributed by atoms with van der Waals surface area (Å²) in [5.74, 6) is -1.11. The van der Waals surface area contributed by atoms with Crippen LogP contribution in [0.3, 0.4) is 0 Å². The van der Waals surface area contributed by atoms with Crippen molar-refractivity contribution in [1.82, 2.24) is 5.32 Å². The van der Waals surface area contributed by atoms with Crippen molar-refractivity contribution >= 4 is 17.3 Å². The Kier molecular flexibility index (Phi) is 2.14. The molecule has 0 aromatic heterocycles. The summed E-state index contributed by atoms with van der Waals surface area (Å²) < 4.78 is 0. The maximum atomic E-state index is 10.7. The van der Waals surface area contributed by atoms with Gasteiger partial charge in [0.2, 0.25) is 11.6 Å². The zero-order chi connectivity index (χ0) is 8.43. The number of carbonyl (C=O) groups excluding carboxylic acids is 2. The number of carbonyl (C=O) groups is 2. The Balaban J connectivity index is 2.43. The normalized spacial score (nSPS) is 23.7. The van der Waals surface area contributed by atoms with E-state index in [0.717, 1.165) is 6.42 Å².